The Morgan fingerprint density at radius 1 is 1.33 bits per heavy atom. The van der Waals surface area contributed by atoms with Gasteiger partial charge in [0.25, 0.3) is 0 Å². The van der Waals surface area contributed by atoms with E-state index in [4.69, 9.17) is 5.11 Å². The van der Waals surface area contributed by atoms with Crippen LogP contribution in [0.2, 0.25) is 0 Å². The Morgan fingerprint density at radius 2 is 2.00 bits per heavy atom. The molecule has 0 bridgehead atoms. The number of benzene rings is 1. The number of para-hydroxylation sites is 1. The summed E-state index contributed by atoms with van der Waals surface area (Å²) >= 11 is 0. The summed E-state index contributed by atoms with van der Waals surface area (Å²) in [6, 6.07) is 8.53. The fraction of sp³-hybridized carbons (Fsp3) is 0. The lowest BCUT2D eigenvalue weighted by Crippen LogP contribution is -2.22. The van der Waals surface area contributed by atoms with E-state index in [1.165, 1.54) is 0 Å². The van der Waals surface area contributed by atoms with Crippen LogP contribution in [0.5, 0.6) is 5.75 Å². The molecule has 2 N–H and O–H groups in total. The van der Waals surface area contributed by atoms with E-state index in [1.54, 1.807) is 35.8 Å². The van der Waals surface area contributed by atoms with Crippen molar-refractivity contribution in [1.29, 1.82) is 0 Å². The summed E-state index contributed by atoms with van der Waals surface area (Å²) in [4.78, 5) is 18.5. The topological polar surface area (TPSA) is 67.8 Å². The van der Waals surface area contributed by atoms with Crippen LogP contribution in [0.3, 0.4) is 0 Å². The minimum Gasteiger partial charge on any atom is -0.463 e. The van der Waals surface area contributed by atoms with Crippen molar-refractivity contribution in [3.63, 3.8) is 0 Å². The van der Waals surface area contributed by atoms with Crippen molar-refractivity contribution in [3.05, 3.63) is 30.3 Å². The lowest BCUT2D eigenvalue weighted by molar-refractivity contribution is -0.246. The molecule has 0 aliphatic heterocycles. The molecule has 0 aliphatic rings. The molecule has 0 aliphatic carbocycles. The minimum atomic E-state index is -1.31. The van der Waals surface area contributed by atoms with Crippen LogP contribution < -0.4 is 10.4 Å². The van der Waals surface area contributed by atoms with Gasteiger partial charge in [-0.05, 0) is 12.1 Å². The molecule has 1 aromatic rings. The van der Waals surface area contributed by atoms with Gasteiger partial charge in [0, 0.05) is 0 Å². The van der Waals surface area contributed by atoms with Crippen molar-refractivity contribution in [1.82, 2.24) is 5.48 Å². The molecule has 0 radical (unpaired) electrons. The standard InChI is InChI=1S/C7H7NO4/c9-7(10)8-12-11-6-4-2-1-3-5-6/h1-5,8H,(H,9,10). The number of hydrogen-bond donors (Lipinski definition) is 2. The maximum absolute atomic E-state index is 9.87. The Hall–Kier alpha value is -1.75. The van der Waals surface area contributed by atoms with E-state index in [0.717, 1.165) is 0 Å². The second kappa shape index (κ2) is 4.20. The number of hydrogen-bond acceptors (Lipinski definition) is 3. The molecule has 0 heterocycles. The largest absolute Gasteiger partial charge is 0.463 e. The average molecular weight is 169 g/mol. The van der Waals surface area contributed by atoms with Crippen molar-refractivity contribution in [2.24, 2.45) is 0 Å². The van der Waals surface area contributed by atoms with Crippen LogP contribution in [0.25, 0.3) is 0 Å². The number of carboxylic acid groups (broad SMARTS) is 1. The molecule has 1 rings (SSSR count). The summed E-state index contributed by atoms with van der Waals surface area (Å²) in [5.41, 5.74) is 1.59. The number of rotatable bonds is 3. The maximum atomic E-state index is 9.87. The SMILES string of the molecule is O=C(O)NOOc1ccccc1. The molecule has 0 saturated heterocycles. The smallest absolute Gasteiger partial charge is 0.432 e. The van der Waals surface area contributed by atoms with E-state index in [2.05, 4.69) is 9.88 Å². The van der Waals surface area contributed by atoms with Crippen LogP contribution in [0.4, 0.5) is 4.79 Å². The normalized spacial score (nSPS) is 9.00. The molecular weight excluding hydrogens is 162 g/mol. The van der Waals surface area contributed by atoms with Crippen LogP contribution in [0, 0.1) is 0 Å². The Bertz CT molecular complexity index is 249. The first-order chi connectivity index (χ1) is 5.79. The first-order valence-electron chi connectivity index (χ1n) is 3.16. The second-order valence-corrected chi connectivity index (χ2v) is 1.89. The molecule has 0 aromatic heterocycles. The van der Waals surface area contributed by atoms with Gasteiger partial charge >= 0.3 is 6.09 Å². The van der Waals surface area contributed by atoms with Gasteiger partial charge in [-0.3, -0.25) is 0 Å². The lowest BCUT2D eigenvalue weighted by atomic mass is 10.3. The Balaban J connectivity index is 2.29. The first kappa shape index (κ1) is 8.35. The molecule has 0 fully saturated rings. The highest BCUT2D eigenvalue weighted by atomic mass is 17.3. The van der Waals surface area contributed by atoms with Gasteiger partial charge in [-0.2, -0.15) is 5.48 Å². The number of hydroxylamine groups is 1. The van der Waals surface area contributed by atoms with Crippen LogP contribution in [-0.4, -0.2) is 11.2 Å². The van der Waals surface area contributed by atoms with Crippen molar-refractivity contribution >= 4 is 6.09 Å². The minimum absolute atomic E-state index is 0.422. The van der Waals surface area contributed by atoms with Crippen molar-refractivity contribution in [2.45, 2.75) is 0 Å². The van der Waals surface area contributed by atoms with Crippen molar-refractivity contribution in [2.75, 3.05) is 0 Å². The van der Waals surface area contributed by atoms with E-state index in [-0.39, 0.29) is 0 Å². The Morgan fingerprint density at radius 3 is 2.58 bits per heavy atom. The van der Waals surface area contributed by atoms with E-state index >= 15 is 0 Å². The maximum Gasteiger partial charge on any atom is 0.432 e. The third-order valence-electron chi connectivity index (χ3n) is 1.01. The quantitative estimate of drug-likeness (QED) is 0.526. The monoisotopic (exact) mass is 169 g/mol. The second-order valence-electron chi connectivity index (χ2n) is 1.89. The van der Waals surface area contributed by atoms with Crippen molar-refractivity contribution in [3.8, 4) is 5.75 Å². The predicted octanol–water partition coefficient (Wildman–Crippen LogP) is 1.18. The number of amides is 1. The molecule has 0 atom stereocenters. The highest BCUT2D eigenvalue weighted by Gasteiger charge is 1.95. The van der Waals surface area contributed by atoms with E-state index in [1.807, 2.05) is 0 Å². The van der Waals surface area contributed by atoms with Gasteiger partial charge in [-0.15, -0.1) is 0 Å². The van der Waals surface area contributed by atoms with Gasteiger partial charge in [-0.25, -0.2) is 4.79 Å². The van der Waals surface area contributed by atoms with Crippen LogP contribution in [0.1, 0.15) is 0 Å². The summed E-state index contributed by atoms with van der Waals surface area (Å²) in [7, 11) is 0. The highest BCUT2D eigenvalue weighted by molar-refractivity contribution is 5.62. The molecule has 1 amide bonds. The predicted molar refractivity (Wildman–Crippen MR) is 39.3 cm³/mol. The van der Waals surface area contributed by atoms with Crippen LogP contribution in [-0.2, 0) is 4.99 Å². The molecular formula is C7H7NO4. The number of carbonyl (C=O) groups is 1. The summed E-state index contributed by atoms with van der Waals surface area (Å²) in [5, 5.41) is 8.08. The molecule has 0 unspecified atom stereocenters. The molecule has 5 heteroatoms. The Kier molecular flexibility index (Phi) is 2.92. The fourth-order valence-corrected chi connectivity index (χ4v) is 0.581. The lowest BCUT2D eigenvalue weighted by Gasteiger charge is -2.01. The first-order valence-corrected chi connectivity index (χ1v) is 3.16. The van der Waals surface area contributed by atoms with E-state index in [0.29, 0.717) is 5.75 Å². The zero-order valence-corrected chi connectivity index (χ0v) is 6.06. The van der Waals surface area contributed by atoms with Crippen LogP contribution in [0.15, 0.2) is 30.3 Å². The molecule has 12 heavy (non-hydrogen) atoms. The van der Waals surface area contributed by atoms with Gasteiger partial charge in [-0.1, -0.05) is 23.2 Å². The third-order valence-corrected chi connectivity index (χ3v) is 1.01. The van der Waals surface area contributed by atoms with Crippen molar-refractivity contribution < 1.29 is 19.8 Å². The molecule has 5 nitrogen and oxygen atoms in total. The van der Waals surface area contributed by atoms with Gasteiger partial charge in [0.05, 0.1) is 0 Å². The Labute approximate surface area is 68.4 Å². The summed E-state index contributed by atoms with van der Waals surface area (Å²) < 4.78 is 0. The zero-order valence-electron chi connectivity index (χ0n) is 6.06. The zero-order chi connectivity index (χ0) is 8.81. The van der Waals surface area contributed by atoms with Gasteiger partial charge in [0.2, 0.25) is 0 Å². The summed E-state index contributed by atoms with van der Waals surface area (Å²) in [6.45, 7) is 0. The molecule has 0 saturated carbocycles. The molecule has 64 valence electrons. The average Bonchev–Trinajstić information content (AvgIpc) is 2.05. The van der Waals surface area contributed by atoms with E-state index in [9.17, 15) is 4.79 Å². The van der Waals surface area contributed by atoms with Gasteiger partial charge in [0.1, 0.15) is 0 Å². The fourth-order valence-electron chi connectivity index (χ4n) is 0.581. The van der Waals surface area contributed by atoms with Gasteiger partial charge < -0.3 is 9.99 Å². The highest BCUT2D eigenvalue weighted by Crippen LogP contribution is 2.07. The van der Waals surface area contributed by atoms with Gasteiger partial charge in [0.15, 0.2) is 5.75 Å². The number of nitrogens with one attached hydrogen (secondary N) is 1. The van der Waals surface area contributed by atoms with E-state index < -0.39 is 6.09 Å². The summed E-state index contributed by atoms with van der Waals surface area (Å²) in [5.74, 6) is 0.422. The molecule has 0 spiro atoms. The summed E-state index contributed by atoms with van der Waals surface area (Å²) in [6.07, 6.45) is -1.31. The van der Waals surface area contributed by atoms with Crippen LogP contribution >= 0.6 is 0 Å². The third kappa shape index (κ3) is 2.89. The molecule has 1 aromatic carbocycles.